The second kappa shape index (κ2) is 9.23. The Bertz CT molecular complexity index is 1130. The molecule has 0 fully saturated rings. The molecular weight excluding hydrogens is 406 g/mol. The number of thioether (sulfide) groups is 1. The minimum Gasteiger partial charge on any atom is -0.495 e. The standard InChI is InChI=1S/C20H17N5O4S/c1-27-15-10-6-5-9-14(15)21-17(26)11-16-22-18(29-25-16)12-30-20-24-23-19(28-20)13-7-3-2-4-8-13/h2-10H,11-12H2,1H3,(H,21,26). The predicted molar refractivity (Wildman–Crippen MR) is 109 cm³/mol. The molecule has 9 nitrogen and oxygen atoms in total. The monoisotopic (exact) mass is 423 g/mol. The molecule has 0 aliphatic carbocycles. The highest BCUT2D eigenvalue weighted by atomic mass is 32.2. The van der Waals surface area contributed by atoms with Crippen LogP contribution in [0, 0.1) is 0 Å². The lowest BCUT2D eigenvalue weighted by molar-refractivity contribution is -0.115. The lowest BCUT2D eigenvalue weighted by atomic mass is 10.2. The number of aromatic nitrogens is 4. The maximum absolute atomic E-state index is 12.2. The van der Waals surface area contributed by atoms with Crippen molar-refractivity contribution < 1.29 is 18.5 Å². The van der Waals surface area contributed by atoms with Gasteiger partial charge < -0.3 is 19.0 Å². The topological polar surface area (TPSA) is 116 Å². The number of carbonyl (C=O) groups is 1. The van der Waals surface area contributed by atoms with Crippen molar-refractivity contribution in [2.24, 2.45) is 0 Å². The molecule has 0 aliphatic rings. The van der Waals surface area contributed by atoms with Crippen LogP contribution in [0.4, 0.5) is 5.69 Å². The number of hydrogen-bond acceptors (Lipinski definition) is 9. The van der Waals surface area contributed by atoms with E-state index in [1.165, 1.54) is 11.8 Å². The molecule has 0 radical (unpaired) electrons. The van der Waals surface area contributed by atoms with Gasteiger partial charge in [-0.15, -0.1) is 10.2 Å². The number of para-hydroxylation sites is 2. The zero-order chi connectivity index (χ0) is 20.8. The lowest BCUT2D eigenvalue weighted by Crippen LogP contribution is -2.15. The van der Waals surface area contributed by atoms with Gasteiger partial charge in [-0.3, -0.25) is 4.79 Å². The molecule has 1 amide bonds. The van der Waals surface area contributed by atoms with Gasteiger partial charge in [0.05, 0.1) is 25.0 Å². The number of amides is 1. The first-order valence-corrected chi connectivity index (χ1v) is 9.96. The zero-order valence-corrected chi connectivity index (χ0v) is 16.8. The van der Waals surface area contributed by atoms with Gasteiger partial charge in [0.2, 0.25) is 17.7 Å². The maximum atomic E-state index is 12.2. The maximum Gasteiger partial charge on any atom is 0.277 e. The van der Waals surface area contributed by atoms with E-state index in [2.05, 4.69) is 25.7 Å². The molecule has 2 aromatic carbocycles. The molecule has 0 saturated heterocycles. The highest BCUT2D eigenvalue weighted by molar-refractivity contribution is 7.98. The molecule has 0 bridgehead atoms. The van der Waals surface area contributed by atoms with Gasteiger partial charge in [-0.1, -0.05) is 47.3 Å². The van der Waals surface area contributed by atoms with Crippen LogP contribution in [0.15, 0.2) is 68.8 Å². The molecule has 2 aromatic heterocycles. The van der Waals surface area contributed by atoms with Crippen molar-refractivity contribution >= 4 is 23.4 Å². The van der Waals surface area contributed by atoms with Crippen molar-refractivity contribution in [2.45, 2.75) is 17.4 Å². The lowest BCUT2D eigenvalue weighted by Gasteiger charge is -2.08. The second-order valence-electron chi connectivity index (χ2n) is 6.06. The smallest absolute Gasteiger partial charge is 0.277 e. The molecule has 4 aromatic rings. The summed E-state index contributed by atoms with van der Waals surface area (Å²) >= 11 is 1.28. The first-order chi connectivity index (χ1) is 14.7. The third-order valence-electron chi connectivity index (χ3n) is 3.96. The molecule has 4 rings (SSSR count). The van der Waals surface area contributed by atoms with Crippen LogP contribution >= 0.6 is 11.8 Å². The molecule has 0 atom stereocenters. The highest BCUT2D eigenvalue weighted by Gasteiger charge is 2.15. The summed E-state index contributed by atoms with van der Waals surface area (Å²) in [6.07, 6.45) is -0.0229. The van der Waals surface area contributed by atoms with Crippen LogP contribution in [-0.4, -0.2) is 33.4 Å². The van der Waals surface area contributed by atoms with Gasteiger partial charge in [0.15, 0.2) is 5.82 Å². The largest absolute Gasteiger partial charge is 0.495 e. The van der Waals surface area contributed by atoms with Crippen LogP contribution in [0.1, 0.15) is 11.7 Å². The second-order valence-corrected chi connectivity index (χ2v) is 6.98. The number of anilines is 1. The van der Waals surface area contributed by atoms with Crippen LogP contribution in [0.25, 0.3) is 11.5 Å². The number of carbonyl (C=O) groups excluding carboxylic acids is 1. The Hall–Kier alpha value is -3.66. The van der Waals surface area contributed by atoms with E-state index in [9.17, 15) is 4.79 Å². The third kappa shape index (κ3) is 4.84. The first kappa shape index (κ1) is 19.6. The summed E-state index contributed by atoms with van der Waals surface area (Å²) in [4.78, 5) is 16.5. The van der Waals surface area contributed by atoms with Gasteiger partial charge in [-0.05, 0) is 24.3 Å². The number of methoxy groups -OCH3 is 1. The van der Waals surface area contributed by atoms with Gasteiger partial charge in [-0.2, -0.15) is 4.98 Å². The number of nitrogens with one attached hydrogen (secondary N) is 1. The van der Waals surface area contributed by atoms with Crippen molar-refractivity contribution in [1.82, 2.24) is 20.3 Å². The van der Waals surface area contributed by atoms with Crippen LogP contribution < -0.4 is 10.1 Å². The molecular formula is C20H17N5O4S. The van der Waals surface area contributed by atoms with Crippen LogP contribution in [0.3, 0.4) is 0 Å². The molecule has 152 valence electrons. The predicted octanol–water partition coefficient (Wildman–Crippen LogP) is 3.60. The Morgan fingerprint density at radius 1 is 1.10 bits per heavy atom. The molecule has 0 spiro atoms. The molecule has 0 saturated carbocycles. The minimum atomic E-state index is -0.274. The van der Waals surface area contributed by atoms with Crippen molar-refractivity contribution in [1.29, 1.82) is 0 Å². The average molecular weight is 423 g/mol. The molecule has 1 N–H and O–H groups in total. The third-order valence-corrected chi connectivity index (χ3v) is 4.76. The number of hydrogen-bond donors (Lipinski definition) is 1. The first-order valence-electron chi connectivity index (χ1n) is 8.97. The van der Waals surface area contributed by atoms with Crippen LogP contribution in [-0.2, 0) is 17.0 Å². The molecule has 10 heteroatoms. The zero-order valence-electron chi connectivity index (χ0n) is 15.9. The summed E-state index contributed by atoms with van der Waals surface area (Å²) in [6.45, 7) is 0. The molecule has 30 heavy (non-hydrogen) atoms. The van der Waals surface area contributed by atoms with Crippen LogP contribution in [0.2, 0.25) is 0 Å². The van der Waals surface area contributed by atoms with Gasteiger partial charge in [0, 0.05) is 5.56 Å². The SMILES string of the molecule is COc1ccccc1NC(=O)Cc1noc(CSc2nnc(-c3ccccc3)o2)n1. The summed E-state index contributed by atoms with van der Waals surface area (Å²) in [6, 6.07) is 16.6. The van der Waals surface area contributed by atoms with Gasteiger partial charge in [0.25, 0.3) is 5.22 Å². The summed E-state index contributed by atoms with van der Waals surface area (Å²) in [7, 11) is 1.54. The van der Waals surface area contributed by atoms with E-state index in [0.717, 1.165) is 5.56 Å². The summed E-state index contributed by atoms with van der Waals surface area (Å²) in [5.74, 6) is 1.73. The van der Waals surface area contributed by atoms with E-state index in [4.69, 9.17) is 13.7 Å². The number of nitrogens with zero attached hydrogens (tertiary/aromatic N) is 4. The number of ether oxygens (including phenoxy) is 1. The van der Waals surface area contributed by atoms with E-state index in [1.807, 2.05) is 42.5 Å². The Balaban J connectivity index is 1.31. The van der Waals surface area contributed by atoms with E-state index in [1.54, 1.807) is 19.2 Å². The summed E-state index contributed by atoms with van der Waals surface area (Å²) in [5.41, 5.74) is 1.42. The van der Waals surface area contributed by atoms with Gasteiger partial charge in [0.1, 0.15) is 5.75 Å². The van der Waals surface area contributed by atoms with Crippen molar-refractivity contribution in [2.75, 3.05) is 12.4 Å². The number of benzene rings is 2. The fourth-order valence-electron chi connectivity index (χ4n) is 2.60. The Morgan fingerprint density at radius 2 is 1.90 bits per heavy atom. The van der Waals surface area contributed by atoms with E-state index >= 15 is 0 Å². The number of rotatable bonds is 8. The molecule has 0 aliphatic heterocycles. The fourth-order valence-corrected chi connectivity index (χ4v) is 3.20. The quantitative estimate of drug-likeness (QED) is 0.424. The highest BCUT2D eigenvalue weighted by Crippen LogP contribution is 2.25. The molecule has 0 unspecified atom stereocenters. The average Bonchev–Trinajstić information content (AvgIpc) is 3.43. The normalized spacial score (nSPS) is 10.7. The fraction of sp³-hybridized carbons (Fsp3) is 0.150. The Morgan fingerprint density at radius 3 is 2.73 bits per heavy atom. The van der Waals surface area contributed by atoms with E-state index in [-0.39, 0.29) is 18.2 Å². The Kier molecular flexibility index (Phi) is 6.04. The Labute approximate surface area is 175 Å². The summed E-state index contributed by atoms with van der Waals surface area (Å²) < 4.78 is 16.0. The summed E-state index contributed by atoms with van der Waals surface area (Å²) in [5, 5.41) is 15.0. The van der Waals surface area contributed by atoms with E-state index in [0.29, 0.717) is 34.2 Å². The van der Waals surface area contributed by atoms with Crippen molar-refractivity contribution in [3.8, 4) is 17.2 Å². The van der Waals surface area contributed by atoms with Crippen molar-refractivity contribution in [3.05, 3.63) is 66.3 Å². The minimum absolute atomic E-state index is 0.0229. The van der Waals surface area contributed by atoms with E-state index < -0.39 is 0 Å². The van der Waals surface area contributed by atoms with Crippen LogP contribution in [0.5, 0.6) is 5.75 Å². The van der Waals surface area contributed by atoms with Gasteiger partial charge >= 0.3 is 0 Å². The van der Waals surface area contributed by atoms with Crippen molar-refractivity contribution in [3.63, 3.8) is 0 Å². The molecule has 2 heterocycles. The van der Waals surface area contributed by atoms with Gasteiger partial charge in [-0.25, -0.2) is 0 Å².